The highest BCUT2D eigenvalue weighted by Gasteiger charge is 2.38. The quantitative estimate of drug-likeness (QED) is 0.179. The van der Waals surface area contributed by atoms with Crippen molar-refractivity contribution in [3.63, 3.8) is 0 Å². The first-order valence-electron chi connectivity index (χ1n) is 13.3. The lowest BCUT2D eigenvalue weighted by Crippen LogP contribution is -2.59. The van der Waals surface area contributed by atoms with Gasteiger partial charge in [0.1, 0.15) is 0 Å². The summed E-state index contributed by atoms with van der Waals surface area (Å²) in [5, 5.41) is 0. The minimum Gasteiger partial charge on any atom is -0.311 e. The fraction of sp³-hybridized carbons (Fsp3) is 0.273. The highest BCUT2D eigenvalue weighted by Crippen LogP contribution is 2.39. The van der Waals surface area contributed by atoms with Gasteiger partial charge in [0.05, 0.1) is 0 Å². The number of benzene rings is 4. The normalized spacial score (nSPS) is 12.9. The minimum atomic E-state index is 0.155. The largest absolute Gasteiger partial charge is 0.311 e. The van der Waals surface area contributed by atoms with Crippen molar-refractivity contribution in [3.8, 4) is 0 Å². The molecule has 0 unspecified atom stereocenters. The Hall–Kier alpha value is -2.30. The van der Waals surface area contributed by atoms with E-state index in [2.05, 4.69) is 157 Å². The second-order valence-corrected chi connectivity index (χ2v) is 12.9. The fourth-order valence-electron chi connectivity index (χ4n) is 5.72. The molecule has 4 aromatic carbocycles. The van der Waals surface area contributed by atoms with E-state index in [1.165, 1.54) is 50.1 Å². The summed E-state index contributed by atoms with van der Waals surface area (Å²) in [6, 6.07) is 29.3. The Morgan fingerprint density at radius 2 is 1.08 bits per heavy atom. The van der Waals surface area contributed by atoms with Crippen LogP contribution in [0.25, 0.3) is 0 Å². The van der Waals surface area contributed by atoms with Crippen LogP contribution >= 0.6 is 31.9 Å². The molecule has 0 N–H and O–H groups in total. The van der Waals surface area contributed by atoms with Gasteiger partial charge in [0, 0.05) is 26.0 Å². The maximum atomic E-state index is 3.79. The number of hydrogen-bond donors (Lipinski definition) is 0. The molecule has 0 saturated carbocycles. The Morgan fingerprint density at radius 1 is 0.595 bits per heavy atom. The van der Waals surface area contributed by atoms with E-state index in [0.717, 1.165) is 8.95 Å². The highest BCUT2D eigenvalue weighted by atomic mass is 79.9. The van der Waals surface area contributed by atoms with Crippen molar-refractivity contribution in [1.82, 2.24) is 0 Å². The summed E-state index contributed by atoms with van der Waals surface area (Å²) < 4.78 is 2.18. The van der Waals surface area contributed by atoms with Crippen molar-refractivity contribution in [1.29, 1.82) is 0 Å². The Kier molecular flexibility index (Phi) is 7.44. The van der Waals surface area contributed by atoms with Crippen molar-refractivity contribution in [3.05, 3.63) is 104 Å². The molecule has 0 radical (unpaired) electrons. The van der Waals surface area contributed by atoms with E-state index in [1.54, 1.807) is 0 Å². The van der Waals surface area contributed by atoms with Gasteiger partial charge in [0.15, 0.2) is 0 Å². The molecule has 4 heteroatoms. The maximum Gasteiger partial charge on any atom is 0.247 e. The fourth-order valence-corrected chi connectivity index (χ4v) is 6.42. The van der Waals surface area contributed by atoms with Crippen LogP contribution < -0.4 is 21.3 Å². The molecule has 1 nitrogen and oxygen atoms in total. The van der Waals surface area contributed by atoms with Crippen molar-refractivity contribution >= 4 is 72.0 Å². The van der Waals surface area contributed by atoms with Crippen LogP contribution in [0.3, 0.4) is 0 Å². The Labute approximate surface area is 239 Å². The lowest BCUT2D eigenvalue weighted by molar-refractivity contribution is 0.812. The Morgan fingerprint density at radius 3 is 1.51 bits per heavy atom. The molecule has 0 amide bonds. The van der Waals surface area contributed by atoms with E-state index in [4.69, 9.17) is 0 Å². The van der Waals surface area contributed by atoms with E-state index >= 15 is 0 Å². The Balaban J connectivity index is 1.89. The molecule has 4 aromatic rings. The van der Waals surface area contributed by atoms with Gasteiger partial charge in [0.2, 0.25) is 6.71 Å². The van der Waals surface area contributed by atoms with Crippen LogP contribution in [0.2, 0.25) is 0 Å². The number of hydrogen-bond acceptors (Lipinski definition) is 1. The van der Waals surface area contributed by atoms with Gasteiger partial charge in [-0.25, -0.2) is 0 Å². The van der Waals surface area contributed by atoms with Gasteiger partial charge in [-0.3, -0.25) is 0 Å². The van der Waals surface area contributed by atoms with Crippen LogP contribution in [0.15, 0.2) is 87.8 Å². The molecule has 0 saturated heterocycles. The zero-order valence-electron chi connectivity index (χ0n) is 22.5. The first kappa shape index (κ1) is 26.3. The molecule has 0 aliphatic carbocycles. The molecule has 1 aliphatic heterocycles. The first-order valence-corrected chi connectivity index (χ1v) is 14.9. The molecule has 0 atom stereocenters. The number of rotatable bonds is 5. The average Bonchev–Trinajstić information content (AvgIpc) is 2.86. The number of fused-ring (bicyclic) bond motifs is 2. The number of nitrogens with zero attached hydrogens (tertiary/aromatic N) is 1. The zero-order chi connectivity index (χ0) is 26.4. The molecule has 37 heavy (non-hydrogen) atoms. The van der Waals surface area contributed by atoms with E-state index in [1.807, 2.05) is 0 Å². The lowest BCUT2D eigenvalue weighted by Gasteiger charge is -2.39. The van der Waals surface area contributed by atoms with Crippen molar-refractivity contribution in [2.24, 2.45) is 0 Å². The standard InChI is InChI=1S/C33H34BBr2N/c1-20(2)23-16-27(21(3)4)33(28(17-23)22(5)6)34-29-14-12-24(35)18-31(29)37(26-10-8-7-9-11-26)32-19-25(36)13-15-30(32)34/h7-22H,1-6H3. The molecular weight excluding hydrogens is 581 g/mol. The third-order valence-electron chi connectivity index (χ3n) is 7.57. The smallest absolute Gasteiger partial charge is 0.247 e. The molecule has 5 rings (SSSR count). The monoisotopic (exact) mass is 613 g/mol. The topological polar surface area (TPSA) is 3.24 Å². The molecule has 1 heterocycles. The predicted octanol–water partition coefficient (Wildman–Crippen LogP) is 8.88. The van der Waals surface area contributed by atoms with Gasteiger partial charge in [-0.2, -0.15) is 0 Å². The Bertz CT molecular complexity index is 1360. The summed E-state index contributed by atoms with van der Waals surface area (Å²) in [4.78, 5) is 2.42. The SMILES string of the molecule is CC(C)c1cc(C(C)C)c(B2c3ccc(Br)cc3N(c3ccccc3)c3cc(Br)ccc32)c(C(C)C)c1. The summed E-state index contributed by atoms with van der Waals surface area (Å²) in [7, 11) is 0. The van der Waals surface area contributed by atoms with E-state index < -0.39 is 0 Å². The van der Waals surface area contributed by atoms with Crippen LogP contribution in [0.5, 0.6) is 0 Å². The van der Waals surface area contributed by atoms with Crippen molar-refractivity contribution in [2.45, 2.75) is 59.3 Å². The van der Waals surface area contributed by atoms with E-state index in [-0.39, 0.29) is 6.71 Å². The van der Waals surface area contributed by atoms with Crippen LogP contribution in [0.1, 0.15) is 76.0 Å². The zero-order valence-corrected chi connectivity index (χ0v) is 25.7. The van der Waals surface area contributed by atoms with E-state index in [9.17, 15) is 0 Å². The van der Waals surface area contributed by atoms with Gasteiger partial charge in [-0.1, -0.05) is 121 Å². The number of anilines is 3. The van der Waals surface area contributed by atoms with Crippen molar-refractivity contribution < 1.29 is 0 Å². The van der Waals surface area contributed by atoms with Crippen LogP contribution in [-0.4, -0.2) is 6.71 Å². The minimum absolute atomic E-state index is 0.155. The molecule has 0 spiro atoms. The summed E-state index contributed by atoms with van der Waals surface area (Å²) in [6.07, 6.45) is 0. The average molecular weight is 615 g/mol. The summed E-state index contributed by atoms with van der Waals surface area (Å²) in [5.41, 5.74) is 12.2. The van der Waals surface area contributed by atoms with Gasteiger partial charge in [-0.05, 0) is 81.8 Å². The first-order chi connectivity index (χ1) is 17.7. The second kappa shape index (κ2) is 10.5. The highest BCUT2D eigenvalue weighted by molar-refractivity contribution is 9.10. The van der Waals surface area contributed by atoms with Crippen LogP contribution in [0.4, 0.5) is 17.1 Å². The molecule has 188 valence electrons. The number of para-hydroxylation sites is 1. The molecule has 0 bridgehead atoms. The molecule has 1 aliphatic rings. The predicted molar refractivity (Wildman–Crippen MR) is 170 cm³/mol. The summed E-state index contributed by atoms with van der Waals surface area (Å²) in [6.45, 7) is 14.1. The maximum absolute atomic E-state index is 3.79. The van der Waals surface area contributed by atoms with Gasteiger partial charge in [-0.15, -0.1) is 0 Å². The van der Waals surface area contributed by atoms with Gasteiger partial charge < -0.3 is 4.90 Å². The van der Waals surface area contributed by atoms with Crippen LogP contribution in [-0.2, 0) is 0 Å². The number of halogens is 2. The summed E-state index contributed by atoms with van der Waals surface area (Å²) in [5.74, 6) is 1.35. The van der Waals surface area contributed by atoms with Gasteiger partial charge >= 0.3 is 0 Å². The van der Waals surface area contributed by atoms with Crippen molar-refractivity contribution in [2.75, 3.05) is 4.90 Å². The second-order valence-electron chi connectivity index (χ2n) is 11.1. The lowest BCUT2D eigenvalue weighted by atomic mass is 9.33. The molecule has 0 fully saturated rings. The van der Waals surface area contributed by atoms with E-state index in [0.29, 0.717) is 17.8 Å². The molecule has 0 aromatic heterocycles. The van der Waals surface area contributed by atoms with Gasteiger partial charge in [0.25, 0.3) is 0 Å². The third kappa shape index (κ3) is 4.84. The van der Waals surface area contributed by atoms with Crippen LogP contribution in [0, 0.1) is 0 Å². The third-order valence-corrected chi connectivity index (χ3v) is 8.56. The summed E-state index contributed by atoms with van der Waals surface area (Å²) >= 11 is 7.57. The molecular formula is C33H34BBr2N.